The Balaban J connectivity index is 0.000000170. The molecule has 0 bridgehead atoms. The first-order valence-electron chi connectivity index (χ1n) is 12.3. The Kier molecular flexibility index (Phi) is 7.32. The standard InChI is InChI=1S/C16H14N4O2Se.C13H5NO4Se/c1-19(2)15(21)13-11-9(7-17)5-6-10(8-18)12(11)14(23-13)16(22)20(3)4;15-6-3-7(16)10-8-4(6)1-2-5-9(8)11(19-10)13(18)14-12(5)17/h5-6H,1-4H3;1-2H,3H2,(H,14,17,18). The van der Waals surface area contributed by atoms with Gasteiger partial charge in [0, 0.05) is 0 Å². The molecule has 13 heteroatoms. The van der Waals surface area contributed by atoms with Gasteiger partial charge in [0.05, 0.1) is 0 Å². The summed E-state index contributed by atoms with van der Waals surface area (Å²) in [6.45, 7) is 0. The third kappa shape index (κ3) is 4.40. The minimum atomic E-state index is -0.552. The van der Waals surface area contributed by atoms with Crippen molar-refractivity contribution in [2.45, 2.75) is 6.42 Å². The zero-order valence-corrected chi connectivity index (χ0v) is 26.0. The van der Waals surface area contributed by atoms with E-state index < -0.39 is 40.8 Å². The number of Topliss-reactive ketones (excluding diaryl/α,β-unsaturated/α-hetero) is 2. The van der Waals surface area contributed by atoms with Gasteiger partial charge in [-0.2, -0.15) is 0 Å². The maximum atomic E-state index is 12.5. The maximum absolute atomic E-state index is 12.5. The van der Waals surface area contributed by atoms with Crippen molar-refractivity contribution in [2.75, 3.05) is 28.2 Å². The van der Waals surface area contributed by atoms with E-state index >= 15 is 0 Å². The third-order valence-corrected chi connectivity index (χ3v) is 11.7. The van der Waals surface area contributed by atoms with Crippen LogP contribution in [0, 0.1) is 22.7 Å². The first-order chi connectivity index (χ1) is 19.9. The van der Waals surface area contributed by atoms with Crippen LogP contribution in [0.25, 0.3) is 21.5 Å². The van der Waals surface area contributed by atoms with Gasteiger partial charge < -0.3 is 0 Å². The molecule has 4 amide bonds. The molecule has 0 unspecified atom stereocenters. The number of nitrogens with zero attached hydrogens (tertiary/aromatic N) is 4. The second-order valence-electron chi connectivity index (χ2n) is 9.77. The van der Waals surface area contributed by atoms with Crippen molar-refractivity contribution in [3.8, 4) is 12.1 Å². The van der Waals surface area contributed by atoms with Crippen molar-refractivity contribution >= 4 is 85.7 Å². The second-order valence-corrected chi connectivity index (χ2v) is 14.1. The second kappa shape index (κ2) is 10.6. The molecule has 2 aromatic carbocycles. The summed E-state index contributed by atoms with van der Waals surface area (Å²) >= 11 is -0.973. The van der Waals surface area contributed by atoms with Crippen LogP contribution < -0.4 is 5.32 Å². The molecule has 0 spiro atoms. The number of nitriles is 2. The summed E-state index contributed by atoms with van der Waals surface area (Å²) in [4.78, 5) is 75.3. The molecule has 4 aromatic rings. The van der Waals surface area contributed by atoms with Crippen LogP contribution in [0.15, 0.2) is 24.3 Å². The minimum absolute atomic E-state index is 0.133. The SMILES string of the molecule is CN(C)C(=O)c1[se]c(C(=O)N(C)C)c2c(C#N)ccc(C#N)c12.O=C1CC(=O)c2[se]c3c4c(ccc1c24)C(=O)NC3=O. The average Bonchev–Trinajstić information content (AvgIpc) is 3.56. The van der Waals surface area contributed by atoms with Gasteiger partial charge in [-0.25, -0.2) is 0 Å². The third-order valence-electron chi connectivity index (χ3n) is 6.72. The Morgan fingerprint density at radius 3 is 1.69 bits per heavy atom. The van der Waals surface area contributed by atoms with Gasteiger partial charge in [-0.1, -0.05) is 0 Å². The van der Waals surface area contributed by atoms with Crippen molar-refractivity contribution < 1.29 is 28.8 Å². The molecule has 11 nitrogen and oxygen atoms in total. The van der Waals surface area contributed by atoms with Crippen LogP contribution in [0.2, 0.25) is 0 Å². The van der Waals surface area contributed by atoms with E-state index in [-0.39, 0.29) is 29.8 Å². The summed E-state index contributed by atoms with van der Waals surface area (Å²) in [5, 5.41) is 22.9. The van der Waals surface area contributed by atoms with Gasteiger partial charge >= 0.3 is 251 Å². The molecule has 0 atom stereocenters. The van der Waals surface area contributed by atoms with E-state index in [0.717, 1.165) is 0 Å². The van der Waals surface area contributed by atoms with Gasteiger partial charge in [-0.05, 0) is 0 Å². The zero-order chi connectivity index (χ0) is 30.6. The molecule has 0 fully saturated rings. The number of benzene rings is 2. The summed E-state index contributed by atoms with van der Waals surface area (Å²) in [7, 11) is 6.49. The summed E-state index contributed by atoms with van der Waals surface area (Å²) in [6.07, 6.45) is -0.133. The molecule has 3 heterocycles. The fraction of sp³-hybridized carbons (Fsp3) is 0.172. The van der Waals surface area contributed by atoms with E-state index in [4.69, 9.17) is 0 Å². The van der Waals surface area contributed by atoms with Crippen molar-refractivity contribution in [3.05, 3.63) is 64.3 Å². The molecule has 2 aromatic heterocycles. The molecule has 0 saturated carbocycles. The number of hydrogen-bond acceptors (Lipinski definition) is 8. The molecule has 42 heavy (non-hydrogen) atoms. The Hall–Kier alpha value is -4.64. The van der Waals surface area contributed by atoms with Crippen LogP contribution in [0.1, 0.15) is 75.2 Å². The van der Waals surface area contributed by atoms with E-state index in [1.807, 2.05) is 0 Å². The molecule has 1 aliphatic heterocycles. The number of fused-ring (bicyclic) bond motifs is 1. The zero-order valence-electron chi connectivity index (χ0n) is 22.6. The molecule has 0 saturated heterocycles. The van der Waals surface area contributed by atoms with E-state index in [9.17, 15) is 39.3 Å². The Morgan fingerprint density at radius 2 is 1.19 bits per heavy atom. The Labute approximate surface area is 250 Å². The number of ketones is 2. The predicted octanol–water partition coefficient (Wildman–Crippen LogP) is 1.59. The molecule has 2 aliphatic rings. The van der Waals surface area contributed by atoms with Crippen molar-refractivity contribution in [2.24, 2.45) is 0 Å². The quantitative estimate of drug-likeness (QED) is 0.188. The van der Waals surface area contributed by atoms with Crippen LogP contribution in [0.3, 0.4) is 0 Å². The van der Waals surface area contributed by atoms with E-state index in [1.54, 1.807) is 40.3 Å². The number of rotatable bonds is 2. The molecular formula is C29H19N5O6Se2. The van der Waals surface area contributed by atoms with Crippen molar-refractivity contribution in [1.29, 1.82) is 10.5 Å². The molecule has 0 radical (unpaired) electrons. The monoisotopic (exact) mass is 693 g/mol. The van der Waals surface area contributed by atoms with Crippen LogP contribution in [0.5, 0.6) is 0 Å². The predicted molar refractivity (Wildman–Crippen MR) is 152 cm³/mol. The average molecular weight is 691 g/mol. The number of carbonyl (C=O) groups excluding carboxylic acids is 6. The van der Waals surface area contributed by atoms with Crippen LogP contribution in [0.4, 0.5) is 0 Å². The van der Waals surface area contributed by atoms with Gasteiger partial charge in [0.15, 0.2) is 0 Å². The molecule has 6 rings (SSSR count). The fourth-order valence-electron chi connectivity index (χ4n) is 4.78. The number of hydrogen-bond donors (Lipinski definition) is 1. The molecule has 1 aliphatic carbocycles. The first-order valence-corrected chi connectivity index (χ1v) is 15.7. The number of amides is 4. The van der Waals surface area contributed by atoms with Gasteiger partial charge in [0.25, 0.3) is 0 Å². The Morgan fingerprint density at radius 1 is 0.690 bits per heavy atom. The van der Waals surface area contributed by atoms with E-state index in [2.05, 4.69) is 17.5 Å². The van der Waals surface area contributed by atoms with E-state index in [1.165, 1.54) is 21.9 Å². The summed E-state index contributed by atoms with van der Waals surface area (Å²) < 4.78 is 1.92. The van der Waals surface area contributed by atoms with Crippen molar-refractivity contribution in [3.63, 3.8) is 0 Å². The van der Waals surface area contributed by atoms with Crippen LogP contribution >= 0.6 is 0 Å². The van der Waals surface area contributed by atoms with E-state index in [0.29, 0.717) is 61.5 Å². The van der Waals surface area contributed by atoms with Crippen molar-refractivity contribution in [1.82, 2.24) is 15.1 Å². The normalized spacial score (nSPS) is 13.2. The van der Waals surface area contributed by atoms with Gasteiger partial charge in [-0.15, -0.1) is 0 Å². The first kappa shape index (κ1) is 28.9. The van der Waals surface area contributed by atoms with Gasteiger partial charge in [0.2, 0.25) is 0 Å². The Bertz CT molecular complexity index is 1900. The molecular weight excluding hydrogens is 672 g/mol. The number of imide groups is 1. The number of nitrogens with one attached hydrogen (secondary N) is 1. The summed E-state index contributed by atoms with van der Waals surface area (Å²) in [6, 6.07) is 10.3. The fourth-order valence-corrected chi connectivity index (χ4v) is 10.1. The van der Waals surface area contributed by atoms with Gasteiger partial charge in [0.1, 0.15) is 0 Å². The molecule has 208 valence electrons. The van der Waals surface area contributed by atoms with Crippen LogP contribution in [-0.4, -0.2) is 102 Å². The topological polar surface area (TPSA) is 169 Å². The molecule has 1 N–H and O–H groups in total. The van der Waals surface area contributed by atoms with Crippen LogP contribution in [-0.2, 0) is 0 Å². The van der Waals surface area contributed by atoms with Gasteiger partial charge in [-0.3, -0.25) is 0 Å². The summed E-state index contributed by atoms with van der Waals surface area (Å²) in [5.41, 5.74) is 1.47. The number of carbonyl (C=O) groups is 6. The summed E-state index contributed by atoms with van der Waals surface area (Å²) in [5.74, 6) is -1.82.